The summed E-state index contributed by atoms with van der Waals surface area (Å²) in [5.74, 6) is 1.65. The van der Waals surface area contributed by atoms with E-state index >= 15 is 0 Å². The van der Waals surface area contributed by atoms with Gasteiger partial charge >= 0.3 is 0 Å². The van der Waals surface area contributed by atoms with Gasteiger partial charge in [-0.1, -0.05) is 19.1 Å². The molecule has 2 rings (SSSR count). The molecule has 6 nitrogen and oxygen atoms in total. The van der Waals surface area contributed by atoms with Gasteiger partial charge in [-0.05, 0) is 43.2 Å². The predicted molar refractivity (Wildman–Crippen MR) is 104 cm³/mol. The highest BCUT2D eigenvalue weighted by atomic mass is 16.3. The number of carbonyl (C=O) groups is 1. The molecule has 0 spiro atoms. The molecule has 0 aliphatic heterocycles. The van der Waals surface area contributed by atoms with Crippen molar-refractivity contribution in [3.8, 4) is 0 Å². The molecule has 0 fully saturated rings. The Balaban J connectivity index is 1.91. The molecule has 140 valence electrons. The number of furan rings is 1. The Bertz CT molecular complexity index is 696. The van der Waals surface area contributed by atoms with E-state index in [4.69, 9.17) is 4.42 Å². The molecule has 0 saturated heterocycles. The average molecular weight is 356 g/mol. The van der Waals surface area contributed by atoms with Crippen LogP contribution in [-0.4, -0.2) is 31.5 Å². The molecule has 0 atom stereocenters. The van der Waals surface area contributed by atoms with Crippen LogP contribution in [0.25, 0.3) is 0 Å². The third kappa shape index (κ3) is 6.63. The largest absolute Gasteiger partial charge is 0.469 e. The zero-order valence-corrected chi connectivity index (χ0v) is 15.5. The molecule has 0 unspecified atom stereocenters. The molecule has 26 heavy (non-hydrogen) atoms. The highest BCUT2D eigenvalue weighted by Crippen LogP contribution is 2.07. The van der Waals surface area contributed by atoms with Crippen molar-refractivity contribution in [1.82, 2.24) is 16.0 Å². The van der Waals surface area contributed by atoms with Crippen LogP contribution in [-0.2, 0) is 13.0 Å². The predicted octanol–water partition coefficient (Wildman–Crippen LogP) is 2.72. The molecule has 1 amide bonds. The number of nitrogens with zero attached hydrogens (tertiary/aromatic N) is 1. The van der Waals surface area contributed by atoms with E-state index in [-0.39, 0.29) is 5.91 Å². The van der Waals surface area contributed by atoms with E-state index in [0.717, 1.165) is 43.2 Å². The van der Waals surface area contributed by atoms with Crippen LogP contribution < -0.4 is 16.0 Å². The van der Waals surface area contributed by atoms with E-state index in [1.54, 1.807) is 6.26 Å². The lowest BCUT2D eigenvalue weighted by Gasteiger charge is -2.11. The SMILES string of the molecule is CCCNC(=O)c1cccc(CN=C(NCC)NCCc2ccco2)c1. The average Bonchev–Trinajstić information content (AvgIpc) is 3.18. The van der Waals surface area contributed by atoms with Gasteiger partial charge in [-0.2, -0.15) is 0 Å². The number of nitrogens with one attached hydrogen (secondary N) is 3. The molecule has 1 aromatic carbocycles. The highest BCUT2D eigenvalue weighted by molar-refractivity contribution is 5.94. The summed E-state index contributed by atoms with van der Waals surface area (Å²) in [6, 6.07) is 11.4. The quantitative estimate of drug-likeness (QED) is 0.477. The second-order valence-electron chi connectivity index (χ2n) is 5.91. The molecular formula is C20H28N4O2. The fraction of sp³-hybridized carbons (Fsp3) is 0.400. The van der Waals surface area contributed by atoms with Gasteiger partial charge in [0.15, 0.2) is 5.96 Å². The molecule has 0 bridgehead atoms. The summed E-state index contributed by atoms with van der Waals surface area (Å²) < 4.78 is 5.33. The Kier molecular flexibility index (Phi) is 8.26. The molecule has 0 saturated carbocycles. The van der Waals surface area contributed by atoms with Crippen LogP contribution in [0.5, 0.6) is 0 Å². The molecule has 1 heterocycles. The topological polar surface area (TPSA) is 78.7 Å². The van der Waals surface area contributed by atoms with E-state index in [9.17, 15) is 4.79 Å². The summed E-state index contributed by atoms with van der Waals surface area (Å²) in [5.41, 5.74) is 1.67. The Morgan fingerprint density at radius 3 is 2.69 bits per heavy atom. The first-order valence-corrected chi connectivity index (χ1v) is 9.14. The van der Waals surface area contributed by atoms with Crippen LogP contribution in [0.1, 0.15) is 41.9 Å². The van der Waals surface area contributed by atoms with Crippen LogP contribution in [0, 0.1) is 0 Å². The van der Waals surface area contributed by atoms with Gasteiger partial charge in [-0.15, -0.1) is 0 Å². The number of hydrogen-bond donors (Lipinski definition) is 3. The zero-order chi connectivity index (χ0) is 18.6. The van der Waals surface area contributed by atoms with Crippen LogP contribution in [0.15, 0.2) is 52.1 Å². The van der Waals surface area contributed by atoms with Gasteiger partial charge in [-0.3, -0.25) is 4.79 Å². The minimum atomic E-state index is -0.0406. The van der Waals surface area contributed by atoms with Gasteiger partial charge in [-0.25, -0.2) is 4.99 Å². The van der Waals surface area contributed by atoms with Gasteiger partial charge in [0.1, 0.15) is 5.76 Å². The summed E-state index contributed by atoms with van der Waals surface area (Å²) >= 11 is 0. The monoisotopic (exact) mass is 356 g/mol. The van der Waals surface area contributed by atoms with Gasteiger partial charge in [0.25, 0.3) is 5.91 Å². The van der Waals surface area contributed by atoms with Crippen LogP contribution >= 0.6 is 0 Å². The maximum Gasteiger partial charge on any atom is 0.251 e. The van der Waals surface area contributed by atoms with Gasteiger partial charge in [0, 0.05) is 31.6 Å². The minimum Gasteiger partial charge on any atom is -0.469 e. The second-order valence-corrected chi connectivity index (χ2v) is 5.91. The smallest absolute Gasteiger partial charge is 0.251 e. The molecule has 0 aliphatic carbocycles. The van der Waals surface area contributed by atoms with Crippen molar-refractivity contribution >= 4 is 11.9 Å². The van der Waals surface area contributed by atoms with Crippen molar-refractivity contribution < 1.29 is 9.21 Å². The first kappa shape index (κ1) is 19.6. The number of guanidine groups is 1. The number of amides is 1. The molecule has 0 aliphatic rings. The first-order chi connectivity index (χ1) is 12.7. The van der Waals surface area contributed by atoms with Crippen molar-refractivity contribution in [2.24, 2.45) is 4.99 Å². The molecule has 0 radical (unpaired) electrons. The fourth-order valence-electron chi connectivity index (χ4n) is 2.42. The summed E-state index contributed by atoms with van der Waals surface area (Å²) in [7, 11) is 0. The summed E-state index contributed by atoms with van der Waals surface area (Å²) in [6.07, 6.45) is 3.40. The first-order valence-electron chi connectivity index (χ1n) is 9.14. The Morgan fingerprint density at radius 1 is 1.08 bits per heavy atom. The van der Waals surface area contributed by atoms with Crippen LogP contribution in [0.4, 0.5) is 0 Å². The molecule has 3 N–H and O–H groups in total. The number of carbonyl (C=O) groups excluding carboxylic acids is 1. The Morgan fingerprint density at radius 2 is 1.96 bits per heavy atom. The third-order valence-corrected chi connectivity index (χ3v) is 3.73. The lowest BCUT2D eigenvalue weighted by molar-refractivity contribution is 0.0953. The minimum absolute atomic E-state index is 0.0406. The van der Waals surface area contributed by atoms with Gasteiger partial charge < -0.3 is 20.4 Å². The fourth-order valence-corrected chi connectivity index (χ4v) is 2.42. The van der Waals surface area contributed by atoms with E-state index in [1.807, 2.05) is 50.2 Å². The lowest BCUT2D eigenvalue weighted by atomic mass is 10.1. The highest BCUT2D eigenvalue weighted by Gasteiger charge is 2.05. The summed E-state index contributed by atoms with van der Waals surface area (Å²) in [5, 5.41) is 9.42. The maximum absolute atomic E-state index is 12.1. The molecule has 6 heteroatoms. The standard InChI is InChI=1S/C20H28N4O2/c1-3-11-22-19(25)17-8-5-7-16(14-17)15-24-20(21-4-2)23-12-10-18-9-6-13-26-18/h5-9,13-14H,3-4,10-12,15H2,1-2H3,(H,22,25)(H2,21,23,24). The Hall–Kier alpha value is -2.76. The third-order valence-electron chi connectivity index (χ3n) is 3.73. The van der Waals surface area contributed by atoms with E-state index in [1.165, 1.54) is 0 Å². The molecular weight excluding hydrogens is 328 g/mol. The van der Waals surface area contributed by atoms with E-state index in [2.05, 4.69) is 20.9 Å². The maximum atomic E-state index is 12.1. The Labute approximate surface area is 155 Å². The van der Waals surface area contributed by atoms with Crippen LogP contribution in [0.2, 0.25) is 0 Å². The number of rotatable bonds is 9. The van der Waals surface area contributed by atoms with E-state index < -0.39 is 0 Å². The number of hydrogen-bond acceptors (Lipinski definition) is 3. The van der Waals surface area contributed by atoms with Crippen molar-refractivity contribution in [1.29, 1.82) is 0 Å². The zero-order valence-electron chi connectivity index (χ0n) is 15.5. The van der Waals surface area contributed by atoms with Crippen molar-refractivity contribution in [3.05, 3.63) is 59.5 Å². The van der Waals surface area contributed by atoms with Gasteiger partial charge in [0.2, 0.25) is 0 Å². The molecule has 1 aromatic heterocycles. The van der Waals surface area contributed by atoms with E-state index in [0.29, 0.717) is 18.7 Å². The van der Waals surface area contributed by atoms with Crippen molar-refractivity contribution in [2.45, 2.75) is 33.2 Å². The lowest BCUT2D eigenvalue weighted by Crippen LogP contribution is -2.38. The number of aliphatic imine (C=N–C) groups is 1. The number of benzene rings is 1. The van der Waals surface area contributed by atoms with Gasteiger partial charge in [0.05, 0.1) is 12.8 Å². The summed E-state index contributed by atoms with van der Waals surface area (Å²) in [6.45, 7) is 6.77. The van der Waals surface area contributed by atoms with Crippen molar-refractivity contribution in [2.75, 3.05) is 19.6 Å². The second kappa shape index (κ2) is 11.0. The van der Waals surface area contributed by atoms with Crippen molar-refractivity contribution in [3.63, 3.8) is 0 Å². The van der Waals surface area contributed by atoms with Crippen LogP contribution in [0.3, 0.4) is 0 Å². The summed E-state index contributed by atoms with van der Waals surface area (Å²) in [4.78, 5) is 16.7. The normalized spacial score (nSPS) is 11.2. The molecule has 2 aromatic rings.